The van der Waals surface area contributed by atoms with Crippen LogP contribution in [0.5, 0.6) is 0 Å². The van der Waals surface area contributed by atoms with E-state index in [0.29, 0.717) is 18.1 Å². The summed E-state index contributed by atoms with van der Waals surface area (Å²) in [7, 11) is 0. The third-order valence-electron chi connectivity index (χ3n) is 4.16. The van der Waals surface area contributed by atoms with E-state index in [9.17, 15) is 9.59 Å². The van der Waals surface area contributed by atoms with Gasteiger partial charge in [0.15, 0.2) is 0 Å². The molecule has 0 saturated carbocycles. The lowest BCUT2D eigenvalue weighted by molar-refractivity contribution is -0.125. The maximum absolute atomic E-state index is 12.4. The minimum atomic E-state index is -0.236. The minimum absolute atomic E-state index is 0.0254. The van der Waals surface area contributed by atoms with Crippen LogP contribution >= 0.6 is 11.6 Å². The number of amides is 1. The molecule has 2 N–H and O–H groups in total. The van der Waals surface area contributed by atoms with E-state index in [4.69, 9.17) is 11.6 Å². The number of nitrogens with one attached hydrogen (secondary N) is 2. The lowest BCUT2D eigenvalue weighted by Gasteiger charge is -2.33. The molecule has 1 aromatic carbocycles. The summed E-state index contributed by atoms with van der Waals surface area (Å²) in [6.07, 6.45) is 3.37. The van der Waals surface area contributed by atoms with Crippen molar-refractivity contribution < 1.29 is 4.79 Å². The first-order chi connectivity index (χ1) is 11.6. The lowest BCUT2D eigenvalue weighted by atomic mass is 9.96. The number of hydrogen-bond donors (Lipinski definition) is 2. The highest BCUT2D eigenvalue weighted by Crippen LogP contribution is 2.21. The van der Waals surface area contributed by atoms with Gasteiger partial charge in [-0.15, -0.1) is 0 Å². The first kappa shape index (κ1) is 16.5. The van der Waals surface area contributed by atoms with E-state index < -0.39 is 0 Å². The highest BCUT2D eigenvalue weighted by atomic mass is 35.5. The molecule has 2 aromatic rings. The van der Waals surface area contributed by atoms with E-state index in [2.05, 4.69) is 15.5 Å². The van der Waals surface area contributed by atoms with Gasteiger partial charge in [-0.1, -0.05) is 23.7 Å². The molecule has 126 valence electrons. The summed E-state index contributed by atoms with van der Waals surface area (Å²) in [5.41, 5.74) is 1.49. The third kappa shape index (κ3) is 4.14. The SMILES string of the molecule is O=C(NCc1cccc(Cl)c1)C1CCCN(c2cn[nH]c(=O)c2)C1. The van der Waals surface area contributed by atoms with Crippen LogP contribution in [0.4, 0.5) is 5.69 Å². The number of carbonyl (C=O) groups excluding carboxylic acids is 1. The average molecular weight is 347 g/mol. The Balaban J connectivity index is 1.60. The van der Waals surface area contributed by atoms with Gasteiger partial charge in [-0.2, -0.15) is 5.10 Å². The smallest absolute Gasteiger partial charge is 0.266 e. The zero-order valence-electron chi connectivity index (χ0n) is 13.2. The molecule has 6 nitrogen and oxygen atoms in total. The lowest BCUT2D eigenvalue weighted by Crippen LogP contribution is -2.43. The molecule has 3 rings (SSSR count). The molecule has 1 saturated heterocycles. The van der Waals surface area contributed by atoms with Crippen molar-refractivity contribution in [3.05, 3.63) is 57.5 Å². The van der Waals surface area contributed by atoms with Gasteiger partial charge in [-0.3, -0.25) is 9.59 Å². The van der Waals surface area contributed by atoms with Crippen molar-refractivity contribution in [2.75, 3.05) is 18.0 Å². The number of benzene rings is 1. The molecule has 1 amide bonds. The van der Waals surface area contributed by atoms with Crippen LogP contribution in [0.2, 0.25) is 5.02 Å². The molecule has 0 aliphatic carbocycles. The summed E-state index contributed by atoms with van der Waals surface area (Å²) >= 11 is 5.96. The van der Waals surface area contributed by atoms with Crippen molar-refractivity contribution in [3.8, 4) is 0 Å². The maximum atomic E-state index is 12.4. The van der Waals surface area contributed by atoms with E-state index in [1.54, 1.807) is 6.20 Å². The summed E-state index contributed by atoms with van der Waals surface area (Å²) in [6.45, 7) is 1.87. The predicted molar refractivity (Wildman–Crippen MR) is 93.1 cm³/mol. The Labute approximate surface area is 144 Å². The van der Waals surface area contributed by atoms with Gasteiger partial charge in [0.25, 0.3) is 5.56 Å². The summed E-state index contributed by atoms with van der Waals surface area (Å²) in [5.74, 6) is -0.0744. The number of H-pyrrole nitrogens is 1. The number of hydrogen-bond acceptors (Lipinski definition) is 4. The number of nitrogens with zero attached hydrogens (tertiary/aromatic N) is 2. The second-order valence-corrected chi connectivity index (χ2v) is 6.37. The predicted octanol–water partition coefficient (Wildman–Crippen LogP) is 1.96. The molecular formula is C17H19ClN4O2. The van der Waals surface area contributed by atoms with Gasteiger partial charge in [-0.25, -0.2) is 5.10 Å². The molecule has 1 atom stereocenters. The number of aromatic nitrogens is 2. The molecule has 1 aromatic heterocycles. The third-order valence-corrected chi connectivity index (χ3v) is 4.40. The molecule has 0 spiro atoms. The Morgan fingerprint density at radius 2 is 2.29 bits per heavy atom. The van der Waals surface area contributed by atoms with E-state index in [1.807, 2.05) is 29.2 Å². The summed E-state index contributed by atoms with van der Waals surface area (Å²) in [6, 6.07) is 8.96. The van der Waals surface area contributed by atoms with Crippen molar-refractivity contribution in [1.82, 2.24) is 15.5 Å². The van der Waals surface area contributed by atoms with Crippen LogP contribution in [0.15, 0.2) is 41.3 Å². The van der Waals surface area contributed by atoms with E-state index >= 15 is 0 Å². The Morgan fingerprint density at radius 1 is 1.42 bits per heavy atom. The van der Waals surface area contributed by atoms with Gasteiger partial charge in [0.05, 0.1) is 17.8 Å². The van der Waals surface area contributed by atoms with Crippen LogP contribution in [0.25, 0.3) is 0 Å². The zero-order valence-corrected chi connectivity index (χ0v) is 13.9. The maximum Gasteiger partial charge on any atom is 0.266 e. The quantitative estimate of drug-likeness (QED) is 0.887. The Kier molecular flexibility index (Phi) is 5.15. The van der Waals surface area contributed by atoms with Gasteiger partial charge in [0.1, 0.15) is 0 Å². The second kappa shape index (κ2) is 7.49. The Bertz CT molecular complexity index is 777. The summed E-state index contributed by atoms with van der Waals surface area (Å²) in [4.78, 5) is 25.9. The first-order valence-corrected chi connectivity index (χ1v) is 8.31. The number of aromatic amines is 1. The topological polar surface area (TPSA) is 78.1 Å². The molecule has 1 unspecified atom stereocenters. The van der Waals surface area contributed by atoms with Crippen LogP contribution < -0.4 is 15.8 Å². The molecule has 1 fully saturated rings. The van der Waals surface area contributed by atoms with Gasteiger partial charge in [0.2, 0.25) is 5.91 Å². The summed E-state index contributed by atoms with van der Waals surface area (Å²) < 4.78 is 0. The van der Waals surface area contributed by atoms with Crippen molar-refractivity contribution in [2.45, 2.75) is 19.4 Å². The average Bonchev–Trinajstić information content (AvgIpc) is 2.60. The van der Waals surface area contributed by atoms with Crippen LogP contribution in [-0.2, 0) is 11.3 Å². The molecule has 0 radical (unpaired) electrons. The number of piperidine rings is 1. The van der Waals surface area contributed by atoms with Crippen molar-refractivity contribution in [1.29, 1.82) is 0 Å². The molecule has 2 heterocycles. The second-order valence-electron chi connectivity index (χ2n) is 5.94. The molecule has 1 aliphatic heterocycles. The largest absolute Gasteiger partial charge is 0.369 e. The number of anilines is 1. The molecule has 1 aliphatic rings. The first-order valence-electron chi connectivity index (χ1n) is 7.93. The van der Waals surface area contributed by atoms with E-state index in [-0.39, 0.29) is 17.4 Å². The van der Waals surface area contributed by atoms with Gasteiger partial charge >= 0.3 is 0 Å². The highest BCUT2D eigenvalue weighted by molar-refractivity contribution is 6.30. The zero-order chi connectivity index (χ0) is 16.9. The number of carbonyl (C=O) groups is 1. The fourth-order valence-electron chi connectivity index (χ4n) is 2.94. The van der Waals surface area contributed by atoms with Crippen LogP contribution in [-0.4, -0.2) is 29.2 Å². The van der Waals surface area contributed by atoms with Crippen LogP contribution in [0.1, 0.15) is 18.4 Å². The molecule has 24 heavy (non-hydrogen) atoms. The van der Waals surface area contributed by atoms with Crippen LogP contribution in [0, 0.1) is 5.92 Å². The van der Waals surface area contributed by atoms with Gasteiger partial charge in [0, 0.05) is 30.7 Å². The van der Waals surface area contributed by atoms with Gasteiger partial charge in [-0.05, 0) is 30.5 Å². The number of rotatable bonds is 4. The summed E-state index contributed by atoms with van der Waals surface area (Å²) in [5, 5.41) is 9.82. The standard InChI is InChI=1S/C17H19ClN4O2/c18-14-5-1-3-12(7-14)9-19-17(24)13-4-2-6-22(11-13)15-8-16(23)21-20-10-15/h1,3,5,7-8,10,13H,2,4,6,9,11H2,(H,19,24)(H,21,23). The Hall–Kier alpha value is -2.34. The van der Waals surface area contributed by atoms with E-state index in [1.165, 1.54) is 6.07 Å². The monoisotopic (exact) mass is 346 g/mol. The van der Waals surface area contributed by atoms with Crippen LogP contribution in [0.3, 0.4) is 0 Å². The van der Waals surface area contributed by atoms with Gasteiger partial charge < -0.3 is 10.2 Å². The molecule has 7 heteroatoms. The van der Waals surface area contributed by atoms with E-state index in [0.717, 1.165) is 30.6 Å². The normalized spacial score (nSPS) is 17.5. The Morgan fingerprint density at radius 3 is 3.08 bits per heavy atom. The molecular weight excluding hydrogens is 328 g/mol. The van der Waals surface area contributed by atoms with Crippen molar-refractivity contribution >= 4 is 23.2 Å². The fraction of sp³-hybridized carbons (Fsp3) is 0.353. The molecule has 0 bridgehead atoms. The van der Waals surface area contributed by atoms with Crippen molar-refractivity contribution in [3.63, 3.8) is 0 Å². The van der Waals surface area contributed by atoms with Crippen molar-refractivity contribution in [2.24, 2.45) is 5.92 Å². The number of halogens is 1. The highest BCUT2D eigenvalue weighted by Gasteiger charge is 2.26. The minimum Gasteiger partial charge on any atom is -0.369 e. The fourth-order valence-corrected chi connectivity index (χ4v) is 3.16.